The van der Waals surface area contributed by atoms with Gasteiger partial charge in [-0.15, -0.1) is 0 Å². The SMILES string of the molecule is CN(C)CCc1ccccc1.[CH]1[CH][CH][C](P(c2ccccc2)c2ccccc2)[CH]1.[CH]1[CH][CH][C](P(c2ccccc2)c2ccccc2)[CH]1.[Cl-].[Fe+2].[Pd+2]. The van der Waals surface area contributed by atoms with Crippen LogP contribution in [0.4, 0.5) is 0 Å². The van der Waals surface area contributed by atoms with Crippen molar-refractivity contribution in [1.82, 2.24) is 4.90 Å². The first kappa shape index (κ1) is 44.6. The fraction of sp³-hybridized carbons (Fsp3) is 0.0909. The average molecular weight is 846 g/mol. The zero-order chi connectivity index (χ0) is 32.5. The maximum absolute atomic E-state index is 2.23. The third-order valence-corrected chi connectivity index (χ3v) is 12.4. The van der Waals surface area contributed by atoms with E-state index in [1.54, 1.807) is 0 Å². The van der Waals surface area contributed by atoms with E-state index in [1.165, 1.54) is 38.1 Å². The number of benzene rings is 5. The van der Waals surface area contributed by atoms with Gasteiger partial charge in [0.05, 0.1) is 0 Å². The summed E-state index contributed by atoms with van der Waals surface area (Å²) in [6, 6.07) is 53.7. The normalized spacial score (nSPS) is 14.0. The molecule has 6 heteroatoms. The Morgan fingerprint density at radius 3 is 0.940 bits per heavy atom. The molecule has 1 nitrogen and oxygen atoms in total. The van der Waals surface area contributed by atoms with E-state index in [0.717, 1.165) is 13.0 Å². The fourth-order valence-corrected chi connectivity index (χ4v) is 9.84. The smallest absolute Gasteiger partial charge is 1.00 e. The van der Waals surface area contributed by atoms with Crippen LogP contribution in [0.25, 0.3) is 0 Å². The van der Waals surface area contributed by atoms with E-state index >= 15 is 0 Å². The van der Waals surface area contributed by atoms with Gasteiger partial charge in [0.25, 0.3) is 0 Å². The predicted molar refractivity (Wildman–Crippen MR) is 208 cm³/mol. The first-order valence-corrected chi connectivity index (χ1v) is 18.8. The molecule has 0 aliphatic heterocycles. The van der Waals surface area contributed by atoms with Crippen molar-refractivity contribution < 1.29 is 49.9 Å². The Hall–Kier alpha value is -1.61. The molecule has 2 aliphatic carbocycles. The first-order valence-electron chi connectivity index (χ1n) is 16.1. The Bertz CT molecular complexity index is 1350. The summed E-state index contributed by atoms with van der Waals surface area (Å²) in [5, 5.41) is 5.63. The molecule has 0 heterocycles. The van der Waals surface area contributed by atoms with Crippen molar-refractivity contribution in [1.29, 1.82) is 0 Å². The summed E-state index contributed by atoms with van der Waals surface area (Å²) in [4.78, 5) is 2.20. The van der Waals surface area contributed by atoms with Gasteiger partial charge in [-0.25, -0.2) is 0 Å². The quantitative estimate of drug-likeness (QED) is 0.135. The summed E-state index contributed by atoms with van der Waals surface area (Å²) in [7, 11) is 3.38. The maximum Gasteiger partial charge on any atom is 2.00 e. The third-order valence-electron chi connectivity index (χ3n) is 7.55. The number of likely N-dealkylation sites (N-methyl/N-ethyl adjacent to an activating group) is 1. The van der Waals surface area contributed by atoms with E-state index in [4.69, 9.17) is 0 Å². The Labute approximate surface area is 336 Å². The summed E-state index contributed by atoms with van der Waals surface area (Å²) in [6.45, 7) is 1.13. The summed E-state index contributed by atoms with van der Waals surface area (Å²) >= 11 is 0. The van der Waals surface area contributed by atoms with E-state index in [0.29, 0.717) is 0 Å². The molecule has 0 bridgehead atoms. The van der Waals surface area contributed by atoms with E-state index in [9.17, 15) is 0 Å². The average Bonchev–Trinajstić information content (AvgIpc) is 3.87. The van der Waals surface area contributed by atoms with Crippen LogP contribution in [0.1, 0.15) is 5.56 Å². The second-order valence-electron chi connectivity index (χ2n) is 11.3. The van der Waals surface area contributed by atoms with Crippen molar-refractivity contribution in [2.45, 2.75) is 6.42 Å². The van der Waals surface area contributed by atoms with Crippen LogP contribution in [-0.4, -0.2) is 25.5 Å². The Balaban J connectivity index is 0.000000260. The zero-order valence-electron chi connectivity index (χ0n) is 28.4. The first-order chi connectivity index (χ1) is 23.2. The number of hydrogen-bond acceptors (Lipinski definition) is 1. The van der Waals surface area contributed by atoms with Gasteiger partial charge in [0, 0.05) is 17.9 Å². The van der Waals surface area contributed by atoms with Crippen LogP contribution >= 0.6 is 15.8 Å². The molecule has 0 N–H and O–H groups in total. The van der Waals surface area contributed by atoms with Gasteiger partial charge in [-0.1, -0.05) is 152 Å². The van der Waals surface area contributed by atoms with Crippen molar-refractivity contribution in [3.05, 3.63) is 220 Å². The minimum absolute atomic E-state index is 0. The van der Waals surface area contributed by atoms with Gasteiger partial charge in [0.15, 0.2) is 0 Å². The topological polar surface area (TPSA) is 3.24 Å². The van der Waals surface area contributed by atoms with Crippen LogP contribution in [-0.2, 0) is 43.9 Å². The van der Waals surface area contributed by atoms with Crippen LogP contribution in [0.2, 0.25) is 0 Å². The van der Waals surface area contributed by atoms with Crippen molar-refractivity contribution in [3.63, 3.8) is 0 Å². The van der Waals surface area contributed by atoms with Crippen LogP contribution in [0, 0.1) is 62.7 Å². The maximum atomic E-state index is 2.23. The van der Waals surface area contributed by atoms with Gasteiger partial charge in [-0.3, -0.25) is 0 Å². The van der Waals surface area contributed by atoms with E-state index in [1.807, 2.05) is 0 Å². The Kier molecular flexibility index (Phi) is 22.6. The van der Waals surface area contributed by atoms with Crippen molar-refractivity contribution in [3.8, 4) is 0 Å². The fourth-order valence-electron chi connectivity index (χ4n) is 5.23. The monoisotopic (exact) mass is 844 g/mol. The third kappa shape index (κ3) is 14.4. The van der Waals surface area contributed by atoms with Gasteiger partial charge in [0.1, 0.15) is 0 Å². The molecule has 2 fully saturated rings. The molecule has 0 unspecified atom stereocenters. The zero-order valence-corrected chi connectivity index (χ0v) is 33.6. The van der Waals surface area contributed by atoms with Gasteiger partial charge in [-0.05, 0) is 115 Å². The molecule has 0 saturated heterocycles. The van der Waals surface area contributed by atoms with Crippen LogP contribution in [0.5, 0.6) is 0 Å². The summed E-state index contributed by atoms with van der Waals surface area (Å²) < 4.78 is 0. The molecule has 2 saturated carbocycles. The number of nitrogens with zero attached hydrogens (tertiary/aromatic N) is 1. The molecule has 0 amide bonds. The molecule has 50 heavy (non-hydrogen) atoms. The van der Waals surface area contributed by atoms with Crippen LogP contribution in [0.3, 0.4) is 0 Å². The summed E-state index contributed by atoms with van der Waals surface area (Å²) in [5.41, 5.74) is 4.26. The van der Waals surface area contributed by atoms with Gasteiger partial charge >= 0.3 is 37.5 Å². The summed E-state index contributed by atoms with van der Waals surface area (Å²) in [5.74, 6) is 0. The molecule has 2 aliphatic rings. The molecule has 256 valence electrons. The van der Waals surface area contributed by atoms with Crippen LogP contribution < -0.4 is 33.6 Å². The minimum atomic E-state index is -0.409. The van der Waals surface area contributed by atoms with E-state index < -0.39 is 15.8 Å². The van der Waals surface area contributed by atoms with Gasteiger partial charge in [-0.2, -0.15) is 0 Å². The molecule has 7 rings (SSSR count). The molecule has 10 radical (unpaired) electrons. The molecular weight excluding hydrogens is 802 g/mol. The molecule has 5 aromatic carbocycles. The predicted octanol–water partition coefficient (Wildman–Crippen LogP) is 5.75. The molecule has 0 aromatic heterocycles. The number of hydrogen-bond donors (Lipinski definition) is 0. The van der Waals surface area contributed by atoms with Crippen molar-refractivity contribution in [2.75, 3.05) is 20.6 Å². The number of halogens is 1. The van der Waals surface area contributed by atoms with Crippen molar-refractivity contribution in [2.24, 2.45) is 0 Å². The van der Waals surface area contributed by atoms with E-state index in [2.05, 4.69) is 222 Å². The largest absolute Gasteiger partial charge is 2.00 e. The second kappa shape index (κ2) is 25.4. The molecular formula is C44H43ClFeNP2Pd+3. The van der Waals surface area contributed by atoms with Crippen LogP contribution in [0.15, 0.2) is 152 Å². The Morgan fingerprint density at radius 1 is 0.420 bits per heavy atom. The summed E-state index contributed by atoms with van der Waals surface area (Å²) in [6.07, 6.45) is 18.5. The molecule has 0 atom stereocenters. The standard InChI is InChI=1S/2C17H14P.C10H15N.ClH.Fe.Pd/c2*1-3-9-15(10-4-1)18(17-13-7-8-14-17)16-11-5-2-6-12-16;1-11(2)9-8-10-6-4-3-5-7-10;;;/h2*1-14H;3-7H,8-9H2,1-2H3;1H;;/q;;;;2*+2/p-1. The second-order valence-corrected chi connectivity index (χ2v) is 15.8. The number of rotatable bonds is 9. The van der Waals surface area contributed by atoms with Gasteiger partial charge in [0.2, 0.25) is 0 Å². The van der Waals surface area contributed by atoms with E-state index in [-0.39, 0.29) is 49.9 Å². The Morgan fingerprint density at radius 2 is 0.680 bits per heavy atom. The van der Waals surface area contributed by atoms with Crippen molar-refractivity contribution >= 4 is 37.1 Å². The molecule has 0 spiro atoms. The van der Waals surface area contributed by atoms with Gasteiger partial charge < -0.3 is 17.3 Å². The molecule has 5 aromatic rings. The minimum Gasteiger partial charge on any atom is -1.00 e.